The number of hydrogen-bond donors (Lipinski definition) is 3. The van der Waals surface area contributed by atoms with Crippen molar-refractivity contribution in [3.8, 4) is 0 Å². The molecule has 0 bridgehead atoms. The van der Waals surface area contributed by atoms with Crippen LogP contribution in [0.25, 0.3) is 0 Å². The Hall–Kier alpha value is -1.73. The maximum atomic E-state index is 11.0. The number of aryl methyl sites for hydroxylation is 2. The summed E-state index contributed by atoms with van der Waals surface area (Å²) in [4.78, 5) is 3.91. The molecule has 1 spiro atoms. The number of anilines is 2. The Morgan fingerprint density at radius 2 is 1.54 bits per heavy atom. The van der Waals surface area contributed by atoms with Crippen molar-refractivity contribution < 1.29 is 20.1 Å². The first-order valence-corrected chi connectivity index (χ1v) is 10.1. The van der Waals surface area contributed by atoms with Gasteiger partial charge in [0.2, 0.25) is 0 Å². The quantitative estimate of drug-likeness (QED) is 0.602. The molecule has 2 aromatic carbocycles. The molecule has 2 aliphatic rings. The van der Waals surface area contributed by atoms with Crippen LogP contribution in [0.1, 0.15) is 11.1 Å². The minimum atomic E-state index is -1.21. The Morgan fingerprint density at radius 1 is 1.00 bits per heavy atom. The first-order valence-electron chi connectivity index (χ1n) is 9.27. The standard InChI is InChI=1S/C21H24N2O4Se/c1-13-3-7-15(8-4-13)22-12-21(19(26)18(25)17(11-24)27-21)23(20(22)28)16-9-5-14(2)6-10-16/h3-10,17-19,24-26H,11-12H2,1-2H3/t17-,18-,19+,21?/m1/s1. The zero-order chi connectivity index (χ0) is 20.1. The average Bonchev–Trinajstić information content (AvgIpc) is 3.12. The molecule has 0 aromatic heterocycles. The molecule has 0 amide bonds. The molecule has 28 heavy (non-hydrogen) atoms. The van der Waals surface area contributed by atoms with E-state index in [1.54, 1.807) is 0 Å². The van der Waals surface area contributed by atoms with E-state index in [1.807, 2.05) is 72.2 Å². The second-order valence-corrected chi connectivity index (χ2v) is 8.26. The molecule has 2 aliphatic heterocycles. The average molecular weight is 447 g/mol. The van der Waals surface area contributed by atoms with Gasteiger partial charge in [0.05, 0.1) is 0 Å². The molecule has 1 unspecified atom stereocenters. The molecule has 2 saturated heterocycles. The van der Waals surface area contributed by atoms with E-state index < -0.39 is 24.0 Å². The van der Waals surface area contributed by atoms with Gasteiger partial charge in [0, 0.05) is 0 Å². The zero-order valence-electron chi connectivity index (χ0n) is 15.8. The van der Waals surface area contributed by atoms with E-state index >= 15 is 0 Å². The summed E-state index contributed by atoms with van der Waals surface area (Å²) in [6, 6.07) is 16.0. The number of benzene rings is 2. The summed E-state index contributed by atoms with van der Waals surface area (Å²) in [6.07, 6.45) is -3.22. The van der Waals surface area contributed by atoms with Gasteiger partial charge in [-0.05, 0) is 0 Å². The fraction of sp³-hybridized carbons (Fsp3) is 0.381. The summed E-state index contributed by atoms with van der Waals surface area (Å²) in [6.45, 7) is 3.98. The Morgan fingerprint density at radius 3 is 2.04 bits per heavy atom. The van der Waals surface area contributed by atoms with Crippen LogP contribution >= 0.6 is 0 Å². The first-order chi connectivity index (χ1) is 13.4. The van der Waals surface area contributed by atoms with E-state index in [-0.39, 0.29) is 6.61 Å². The van der Waals surface area contributed by atoms with E-state index in [1.165, 1.54) is 0 Å². The number of nitrogens with zero attached hydrogens (tertiary/aromatic N) is 2. The second kappa shape index (κ2) is 7.26. The van der Waals surface area contributed by atoms with Gasteiger partial charge in [0.1, 0.15) is 0 Å². The first kappa shape index (κ1) is 19.6. The number of rotatable bonds is 3. The van der Waals surface area contributed by atoms with E-state index in [9.17, 15) is 15.3 Å². The van der Waals surface area contributed by atoms with E-state index in [0.29, 0.717) is 6.54 Å². The summed E-state index contributed by atoms with van der Waals surface area (Å²) in [5.41, 5.74) is 2.84. The molecule has 2 fully saturated rings. The van der Waals surface area contributed by atoms with Crippen LogP contribution in [0.3, 0.4) is 0 Å². The van der Waals surface area contributed by atoms with Crippen LogP contribution in [0, 0.1) is 13.8 Å². The maximum absolute atomic E-state index is 11.0. The molecular formula is C21H24N2O4Se. The van der Waals surface area contributed by atoms with Crippen LogP contribution in [-0.4, -0.2) is 72.7 Å². The summed E-state index contributed by atoms with van der Waals surface area (Å²) >= 11 is 3.12. The minimum absolute atomic E-state index is 0.307. The van der Waals surface area contributed by atoms with Crippen molar-refractivity contribution in [1.82, 2.24) is 0 Å². The Kier molecular flexibility index (Phi) is 5.08. The van der Waals surface area contributed by atoms with E-state index in [0.717, 1.165) is 27.2 Å². The predicted octanol–water partition coefficient (Wildman–Crippen LogP) is 0.695. The third-order valence-corrected chi connectivity index (χ3v) is 6.37. The van der Waals surface area contributed by atoms with Crippen LogP contribution in [0.15, 0.2) is 48.5 Å². The third-order valence-electron chi connectivity index (χ3n) is 5.53. The molecule has 7 heteroatoms. The van der Waals surface area contributed by atoms with Crippen LogP contribution in [0.4, 0.5) is 11.4 Å². The van der Waals surface area contributed by atoms with Crippen LogP contribution in [0.5, 0.6) is 0 Å². The number of aliphatic hydroxyl groups excluding tert-OH is 3. The molecule has 0 aliphatic carbocycles. The predicted molar refractivity (Wildman–Crippen MR) is 110 cm³/mol. The van der Waals surface area contributed by atoms with Gasteiger partial charge in [-0.3, -0.25) is 0 Å². The van der Waals surface area contributed by atoms with Gasteiger partial charge in [-0.15, -0.1) is 0 Å². The number of aliphatic hydroxyl groups is 3. The fourth-order valence-electron chi connectivity index (χ4n) is 3.93. The number of hydrogen-bond acceptors (Lipinski definition) is 6. The molecular weight excluding hydrogens is 423 g/mol. The Bertz CT molecular complexity index is 873. The molecule has 2 heterocycles. The summed E-state index contributed by atoms with van der Waals surface area (Å²) in [5.74, 6) is 0. The van der Waals surface area contributed by atoms with Crippen molar-refractivity contribution in [2.45, 2.75) is 37.9 Å². The van der Waals surface area contributed by atoms with Crippen LogP contribution in [0.2, 0.25) is 0 Å². The van der Waals surface area contributed by atoms with Crippen molar-refractivity contribution in [2.75, 3.05) is 23.0 Å². The van der Waals surface area contributed by atoms with E-state index in [2.05, 4.69) is 15.6 Å². The molecule has 2 aromatic rings. The second-order valence-electron chi connectivity index (χ2n) is 7.49. The van der Waals surface area contributed by atoms with Gasteiger partial charge in [-0.25, -0.2) is 0 Å². The Balaban J connectivity index is 1.81. The molecule has 0 radical (unpaired) electrons. The normalized spacial score (nSPS) is 29.9. The van der Waals surface area contributed by atoms with Crippen LogP contribution < -0.4 is 9.80 Å². The van der Waals surface area contributed by atoms with Crippen molar-refractivity contribution in [3.63, 3.8) is 0 Å². The van der Waals surface area contributed by atoms with E-state index in [4.69, 9.17) is 4.74 Å². The summed E-state index contributed by atoms with van der Waals surface area (Å²) in [5, 5.41) is 31.1. The van der Waals surface area contributed by atoms with Gasteiger partial charge in [0.25, 0.3) is 0 Å². The summed E-state index contributed by atoms with van der Waals surface area (Å²) < 4.78 is 6.88. The van der Waals surface area contributed by atoms with Crippen molar-refractivity contribution in [2.24, 2.45) is 0 Å². The van der Waals surface area contributed by atoms with Gasteiger partial charge in [0.15, 0.2) is 0 Å². The van der Waals surface area contributed by atoms with Crippen molar-refractivity contribution in [1.29, 1.82) is 0 Å². The van der Waals surface area contributed by atoms with Gasteiger partial charge >= 0.3 is 172 Å². The SMILES string of the molecule is Cc1ccc(N2CC3(O[C@H](CO)[C@@H](O)[C@@H]3O)N(c3ccc(C)cc3)C2=[Se])cc1. The number of ether oxygens (including phenoxy) is 1. The molecule has 6 nitrogen and oxygen atoms in total. The molecule has 3 N–H and O–H groups in total. The van der Waals surface area contributed by atoms with Crippen LogP contribution in [-0.2, 0) is 4.74 Å². The third kappa shape index (κ3) is 2.99. The molecule has 148 valence electrons. The monoisotopic (exact) mass is 448 g/mol. The van der Waals surface area contributed by atoms with Gasteiger partial charge in [-0.2, -0.15) is 0 Å². The van der Waals surface area contributed by atoms with Gasteiger partial charge in [-0.1, -0.05) is 0 Å². The fourth-order valence-corrected chi connectivity index (χ4v) is 4.83. The molecule has 0 saturated carbocycles. The van der Waals surface area contributed by atoms with Crippen molar-refractivity contribution >= 4 is 31.6 Å². The Labute approximate surface area is 172 Å². The molecule has 4 atom stereocenters. The zero-order valence-corrected chi connectivity index (χ0v) is 17.5. The van der Waals surface area contributed by atoms with Crippen molar-refractivity contribution in [3.05, 3.63) is 59.7 Å². The topological polar surface area (TPSA) is 76.4 Å². The van der Waals surface area contributed by atoms with Gasteiger partial charge < -0.3 is 0 Å². The molecule has 4 rings (SSSR count). The summed E-state index contributed by atoms with van der Waals surface area (Å²) in [7, 11) is 0.